The predicted molar refractivity (Wildman–Crippen MR) is 98.1 cm³/mol. The number of benzene rings is 1. The molecule has 0 bridgehead atoms. The molecule has 3 aliphatic rings. The number of anilines is 1. The Kier molecular flexibility index (Phi) is 3.74. The molecular formula is C18H19N3O4S. The lowest BCUT2D eigenvalue weighted by molar-refractivity contribution is -0.113. The zero-order chi connectivity index (χ0) is 17.7. The van der Waals surface area contributed by atoms with E-state index in [1.807, 2.05) is 22.9 Å². The number of rotatable bonds is 2. The van der Waals surface area contributed by atoms with Crippen molar-refractivity contribution in [3.05, 3.63) is 39.7 Å². The maximum atomic E-state index is 12.8. The fourth-order valence-electron chi connectivity index (χ4n) is 4.02. The molecule has 5 rings (SSSR count). The standard InChI is InChI=1S/C18H19N3O4S/c22-14-8-26-16(10-5-6-12-13(7-10)25-9-24-12)15-17(19-14)21(20-18(15)23)11-3-1-2-4-11/h5-7,11,16H,1-4,8-9H2,(H,19,22)(H,20,23). The normalized spacial score (nSPS) is 22.2. The Hall–Kier alpha value is -2.35. The topological polar surface area (TPSA) is 85.3 Å². The highest BCUT2D eigenvalue weighted by atomic mass is 32.2. The van der Waals surface area contributed by atoms with Gasteiger partial charge in [-0.3, -0.25) is 19.4 Å². The molecule has 1 aliphatic carbocycles. The number of amides is 1. The first-order chi connectivity index (χ1) is 12.7. The van der Waals surface area contributed by atoms with Crippen LogP contribution in [0.25, 0.3) is 0 Å². The minimum absolute atomic E-state index is 0.0785. The quantitative estimate of drug-likeness (QED) is 0.846. The smallest absolute Gasteiger partial charge is 0.270 e. The average molecular weight is 373 g/mol. The van der Waals surface area contributed by atoms with Crippen molar-refractivity contribution >= 4 is 23.5 Å². The number of fused-ring (bicyclic) bond motifs is 2. The van der Waals surface area contributed by atoms with E-state index in [-0.39, 0.29) is 29.6 Å². The lowest BCUT2D eigenvalue weighted by atomic mass is 10.1. The van der Waals surface area contributed by atoms with E-state index in [1.165, 1.54) is 11.8 Å². The van der Waals surface area contributed by atoms with Gasteiger partial charge in [-0.15, -0.1) is 11.8 Å². The Bertz CT molecular complexity index is 929. The molecule has 26 heavy (non-hydrogen) atoms. The van der Waals surface area contributed by atoms with Crippen LogP contribution >= 0.6 is 11.8 Å². The number of hydrogen-bond acceptors (Lipinski definition) is 5. The Morgan fingerprint density at radius 1 is 1.12 bits per heavy atom. The van der Waals surface area contributed by atoms with E-state index in [2.05, 4.69) is 10.4 Å². The van der Waals surface area contributed by atoms with E-state index >= 15 is 0 Å². The molecule has 0 radical (unpaired) electrons. The van der Waals surface area contributed by atoms with Crippen molar-refractivity contribution in [2.75, 3.05) is 17.9 Å². The van der Waals surface area contributed by atoms with Gasteiger partial charge in [-0.2, -0.15) is 0 Å². The van der Waals surface area contributed by atoms with Gasteiger partial charge in [0.05, 0.1) is 22.6 Å². The highest BCUT2D eigenvalue weighted by molar-refractivity contribution is 8.00. The Labute approximate surface area is 154 Å². The van der Waals surface area contributed by atoms with Gasteiger partial charge in [-0.1, -0.05) is 18.9 Å². The van der Waals surface area contributed by atoms with E-state index in [9.17, 15) is 9.59 Å². The van der Waals surface area contributed by atoms with Crippen LogP contribution in [0.15, 0.2) is 23.0 Å². The number of aromatic amines is 1. The van der Waals surface area contributed by atoms with Gasteiger partial charge in [-0.05, 0) is 30.5 Å². The number of carbonyl (C=O) groups excluding carboxylic acids is 1. The van der Waals surface area contributed by atoms with E-state index in [1.54, 1.807) is 0 Å². The number of thioether (sulfide) groups is 1. The molecule has 3 heterocycles. The molecule has 1 saturated carbocycles. The van der Waals surface area contributed by atoms with Crippen molar-refractivity contribution in [2.24, 2.45) is 0 Å². The molecule has 0 saturated heterocycles. The van der Waals surface area contributed by atoms with E-state index < -0.39 is 0 Å². The monoisotopic (exact) mass is 373 g/mol. The molecule has 1 atom stereocenters. The minimum Gasteiger partial charge on any atom is -0.454 e. The van der Waals surface area contributed by atoms with Gasteiger partial charge in [0.1, 0.15) is 5.82 Å². The van der Waals surface area contributed by atoms with Crippen LogP contribution in [-0.4, -0.2) is 28.2 Å². The lowest BCUT2D eigenvalue weighted by Crippen LogP contribution is -2.18. The van der Waals surface area contributed by atoms with Gasteiger partial charge in [0.15, 0.2) is 11.5 Å². The van der Waals surface area contributed by atoms with Crippen molar-refractivity contribution in [1.29, 1.82) is 0 Å². The third kappa shape index (κ3) is 2.51. The second-order valence-corrected chi connectivity index (χ2v) is 7.96. The second kappa shape index (κ2) is 6.12. The van der Waals surface area contributed by atoms with Crippen LogP contribution in [0, 0.1) is 0 Å². The van der Waals surface area contributed by atoms with E-state index in [0.29, 0.717) is 28.6 Å². The van der Waals surface area contributed by atoms with Crippen molar-refractivity contribution in [3.8, 4) is 11.5 Å². The molecule has 0 spiro atoms. The number of aromatic nitrogens is 2. The largest absolute Gasteiger partial charge is 0.454 e. The first kappa shape index (κ1) is 15.9. The first-order valence-corrected chi connectivity index (χ1v) is 9.91. The fraction of sp³-hybridized carbons (Fsp3) is 0.444. The fourth-order valence-corrected chi connectivity index (χ4v) is 5.13. The van der Waals surface area contributed by atoms with Crippen LogP contribution in [0.3, 0.4) is 0 Å². The maximum absolute atomic E-state index is 12.8. The number of H-pyrrole nitrogens is 1. The van der Waals surface area contributed by atoms with Crippen molar-refractivity contribution in [2.45, 2.75) is 37.0 Å². The minimum atomic E-state index is -0.232. The summed E-state index contributed by atoms with van der Waals surface area (Å²) >= 11 is 1.46. The summed E-state index contributed by atoms with van der Waals surface area (Å²) in [5.41, 5.74) is 1.42. The number of nitrogens with zero attached hydrogens (tertiary/aromatic N) is 1. The summed E-state index contributed by atoms with van der Waals surface area (Å²) in [6.45, 7) is 0.209. The molecule has 136 valence electrons. The number of hydrogen-bond donors (Lipinski definition) is 2. The van der Waals surface area contributed by atoms with Crippen LogP contribution in [-0.2, 0) is 4.79 Å². The number of nitrogens with one attached hydrogen (secondary N) is 2. The highest BCUT2D eigenvalue weighted by Crippen LogP contribution is 2.44. The molecule has 7 nitrogen and oxygen atoms in total. The molecular weight excluding hydrogens is 354 g/mol. The van der Waals surface area contributed by atoms with E-state index in [4.69, 9.17) is 9.47 Å². The average Bonchev–Trinajstić information content (AvgIpc) is 3.34. The van der Waals surface area contributed by atoms with Crippen LogP contribution in [0.2, 0.25) is 0 Å². The number of carbonyl (C=O) groups is 1. The molecule has 1 aromatic heterocycles. The molecule has 1 fully saturated rings. The van der Waals surface area contributed by atoms with Crippen LogP contribution in [0.1, 0.15) is 48.1 Å². The predicted octanol–water partition coefficient (Wildman–Crippen LogP) is 2.79. The molecule has 1 aromatic carbocycles. The highest BCUT2D eigenvalue weighted by Gasteiger charge is 2.33. The molecule has 2 aromatic rings. The maximum Gasteiger partial charge on any atom is 0.270 e. The Balaban J connectivity index is 1.62. The summed E-state index contributed by atoms with van der Waals surface area (Å²) in [6, 6.07) is 5.95. The third-order valence-corrected chi connectivity index (χ3v) is 6.52. The lowest BCUT2D eigenvalue weighted by Gasteiger charge is -2.17. The van der Waals surface area contributed by atoms with Crippen molar-refractivity contribution in [3.63, 3.8) is 0 Å². The Morgan fingerprint density at radius 3 is 2.77 bits per heavy atom. The summed E-state index contributed by atoms with van der Waals surface area (Å²) in [4.78, 5) is 25.1. The van der Waals surface area contributed by atoms with Crippen LogP contribution in [0.5, 0.6) is 11.5 Å². The molecule has 1 unspecified atom stereocenters. The Morgan fingerprint density at radius 2 is 1.92 bits per heavy atom. The summed E-state index contributed by atoms with van der Waals surface area (Å²) < 4.78 is 12.7. The zero-order valence-electron chi connectivity index (χ0n) is 14.1. The van der Waals surface area contributed by atoms with Gasteiger partial charge in [0, 0.05) is 0 Å². The summed E-state index contributed by atoms with van der Waals surface area (Å²) in [5, 5.41) is 5.70. The summed E-state index contributed by atoms with van der Waals surface area (Å²) in [7, 11) is 0. The first-order valence-electron chi connectivity index (χ1n) is 8.86. The molecule has 2 N–H and O–H groups in total. The van der Waals surface area contributed by atoms with Crippen LogP contribution in [0.4, 0.5) is 5.82 Å². The third-order valence-electron chi connectivity index (χ3n) is 5.25. The van der Waals surface area contributed by atoms with Crippen molar-refractivity contribution < 1.29 is 14.3 Å². The number of ether oxygens (including phenoxy) is 2. The van der Waals surface area contributed by atoms with Crippen molar-refractivity contribution in [1.82, 2.24) is 9.78 Å². The SMILES string of the molecule is O=C1CSC(c2ccc3c(c2)OCO3)c2c(n(C3CCCC3)[nH]c2=O)N1. The summed E-state index contributed by atoms with van der Waals surface area (Å²) in [6.07, 6.45) is 4.34. The van der Waals surface area contributed by atoms with Gasteiger partial charge in [0.25, 0.3) is 5.56 Å². The van der Waals surface area contributed by atoms with Gasteiger partial charge < -0.3 is 14.8 Å². The second-order valence-electron chi connectivity index (χ2n) is 6.86. The molecule has 8 heteroatoms. The van der Waals surface area contributed by atoms with Gasteiger partial charge >= 0.3 is 0 Å². The van der Waals surface area contributed by atoms with Gasteiger partial charge in [-0.25, -0.2) is 0 Å². The molecule has 1 amide bonds. The molecule has 2 aliphatic heterocycles. The summed E-state index contributed by atoms with van der Waals surface area (Å²) in [5.74, 6) is 2.24. The zero-order valence-corrected chi connectivity index (χ0v) is 14.9. The van der Waals surface area contributed by atoms with Crippen LogP contribution < -0.4 is 20.3 Å². The van der Waals surface area contributed by atoms with E-state index in [0.717, 1.165) is 31.2 Å². The van der Waals surface area contributed by atoms with Gasteiger partial charge in [0.2, 0.25) is 12.7 Å².